The van der Waals surface area contributed by atoms with E-state index in [2.05, 4.69) is 11.2 Å². The fourth-order valence-electron chi connectivity index (χ4n) is 4.05. The number of anilines is 1. The van der Waals surface area contributed by atoms with Crippen molar-refractivity contribution in [3.05, 3.63) is 71.5 Å². The summed E-state index contributed by atoms with van der Waals surface area (Å²) in [5, 5.41) is 22.4. The average Bonchev–Trinajstić information content (AvgIpc) is 3.17. The largest absolute Gasteiger partial charge is 0.480 e. The van der Waals surface area contributed by atoms with Gasteiger partial charge in [0.25, 0.3) is 11.3 Å². The van der Waals surface area contributed by atoms with Crippen LogP contribution in [0.3, 0.4) is 0 Å². The molecule has 1 aromatic heterocycles. The van der Waals surface area contributed by atoms with Crippen LogP contribution < -0.4 is 4.31 Å². The monoisotopic (exact) mass is 436 g/mol. The van der Waals surface area contributed by atoms with Gasteiger partial charge in [-0.25, -0.2) is 4.21 Å². The van der Waals surface area contributed by atoms with Crippen LogP contribution in [0.25, 0.3) is 11.1 Å². The van der Waals surface area contributed by atoms with Crippen LogP contribution >= 0.6 is 0 Å². The van der Waals surface area contributed by atoms with Crippen molar-refractivity contribution in [1.29, 1.82) is 5.26 Å². The lowest BCUT2D eigenvalue weighted by molar-refractivity contribution is -0.137. The first-order valence-electron chi connectivity index (χ1n) is 9.75. The molecule has 1 aliphatic rings. The van der Waals surface area contributed by atoms with E-state index in [1.165, 1.54) is 8.99 Å². The number of aromatic nitrogens is 2. The lowest BCUT2D eigenvalue weighted by Crippen LogP contribution is -2.33. The van der Waals surface area contributed by atoms with Gasteiger partial charge in [0.05, 0.1) is 29.6 Å². The Bertz CT molecular complexity index is 1180. The number of nitriles is 1. The summed E-state index contributed by atoms with van der Waals surface area (Å²) < 4.78 is 25.3. The van der Waals surface area contributed by atoms with E-state index >= 15 is 0 Å². The Morgan fingerprint density at radius 3 is 2.71 bits per heavy atom. The summed E-state index contributed by atoms with van der Waals surface area (Å²) in [6, 6.07) is 16.2. The number of carboxylic acid groups (broad SMARTS) is 1. The topological polar surface area (TPSA) is 119 Å². The van der Waals surface area contributed by atoms with Crippen molar-refractivity contribution in [3.8, 4) is 17.2 Å². The molecule has 2 aromatic carbocycles. The van der Waals surface area contributed by atoms with Crippen molar-refractivity contribution in [3.63, 3.8) is 0 Å². The Kier molecular flexibility index (Phi) is 5.84. The maximum absolute atomic E-state index is 12.3. The van der Waals surface area contributed by atoms with Gasteiger partial charge in [-0.2, -0.15) is 10.4 Å². The van der Waals surface area contributed by atoms with E-state index in [9.17, 15) is 13.6 Å². The Morgan fingerprint density at radius 1 is 1.26 bits per heavy atom. The molecule has 1 aliphatic carbocycles. The summed E-state index contributed by atoms with van der Waals surface area (Å²) in [4.78, 5) is 11.1. The number of benzene rings is 2. The number of rotatable bonds is 6. The van der Waals surface area contributed by atoms with Gasteiger partial charge in [-0.05, 0) is 54.7 Å². The predicted octanol–water partition coefficient (Wildman–Crippen LogP) is 3.53. The Hall–Kier alpha value is -3.48. The van der Waals surface area contributed by atoms with Crippen LogP contribution in [0.1, 0.15) is 35.7 Å². The van der Waals surface area contributed by atoms with Gasteiger partial charge in [0.1, 0.15) is 6.54 Å². The minimum absolute atomic E-state index is 0.235. The molecular weight excluding hydrogens is 416 g/mol. The fraction of sp³-hybridized carbons (Fsp3) is 0.227. The molecular formula is C22H20N4O4S. The third-order valence-electron chi connectivity index (χ3n) is 5.41. The summed E-state index contributed by atoms with van der Waals surface area (Å²) in [6.45, 7) is -0.235. The van der Waals surface area contributed by atoms with Gasteiger partial charge in [-0.15, -0.1) is 0 Å². The van der Waals surface area contributed by atoms with Crippen molar-refractivity contribution in [2.45, 2.75) is 31.8 Å². The number of aliphatic carboxylic acids is 1. The number of carboxylic acids is 1. The van der Waals surface area contributed by atoms with E-state index in [0.717, 1.165) is 28.8 Å². The maximum atomic E-state index is 12.3. The molecule has 0 radical (unpaired) electrons. The van der Waals surface area contributed by atoms with Crippen LogP contribution in [0.4, 0.5) is 5.69 Å². The van der Waals surface area contributed by atoms with E-state index in [4.69, 9.17) is 10.4 Å². The molecule has 2 N–H and O–H groups in total. The van der Waals surface area contributed by atoms with E-state index in [0.29, 0.717) is 24.1 Å². The van der Waals surface area contributed by atoms with E-state index in [1.54, 1.807) is 30.5 Å². The SMILES string of the molecule is N#Cc1cccc(-c2ccc(N(C3CCCc4c3cnn4CC(=O)O)S(=O)O)cc2)c1. The molecule has 2 unspecified atom stereocenters. The quantitative estimate of drug-likeness (QED) is 0.571. The predicted molar refractivity (Wildman–Crippen MR) is 115 cm³/mol. The highest BCUT2D eigenvalue weighted by Gasteiger charge is 2.32. The number of carbonyl (C=O) groups is 1. The van der Waals surface area contributed by atoms with Crippen LogP contribution in [0.2, 0.25) is 0 Å². The van der Waals surface area contributed by atoms with Crippen molar-refractivity contribution in [2.75, 3.05) is 4.31 Å². The van der Waals surface area contributed by atoms with Crippen molar-refractivity contribution < 1.29 is 18.7 Å². The standard InChI is InChI=1S/C22H20N4O4S/c23-12-15-3-1-4-17(11-15)16-7-9-18(10-8-16)26(31(29)30)21-6-2-5-20-19(21)13-24-25(20)14-22(27)28/h1,3-4,7-11,13,21H,2,5-6,14H2,(H,27,28)(H,29,30). The van der Waals surface area contributed by atoms with Crippen molar-refractivity contribution in [2.24, 2.45) is 0 Å². The third kappa shape index (κ3) is 4.21. The number of nitrogens with zero attached hydrogens (tertiary/aromatic N) is 4. The van der Waals surface area contributed by atoms with Crippen LogP contribution in [-0.2, 0) is 29.0 Å². The second kappa shape index (κ2) is 8.71. The molecule has 1 heterocycles. The van der Waals surface area contributed by atoms with Gasteiger partial charge < -0.3 is 5.11 Å². The average molecular weight is 436 g/mol. The van der Waals surface area contributed by atoms with Gasteiger partial charge in [-0.3, -0.25) is 18.3 Å². The van der Waals surface area contributed by atoms with Gasteiger partial charge >= 0.3 is 5.97 Å². The summed E-state index contributed by atoms with van der Waals surface area (Å²) >= 11 is -2.28. The molecule has 3 aromatic rings. The number of hydrogen-bond donors (Lipinski definition) is 2. The number of hydrogen-bond acceptors (Lipinski definition) is 4. The van der Waals surface area contributed by atoms with E-state index in [-0.39, 0.29) is 12.6 Å². The molecule has 0 aliphatic heterocycles. The highest BCUT2D eigenvalue weighted by Crippen LogP contribution is 2.38. The maximum Gasteiger partial charge on any atom is 0.325 e. The molecule has 0 saturated carbocycles. The van der Waals surface area contributed by atoms with Crippen LogP contribution in [0, 0.1) is 11.3 Å². The molecule has 0 amide bonds. The summed E-state index contributed by atoms with van der Waals surface area (Å²) in [5.74, 6) is -0.980. The number of fused-ring (bicyclic) bond motifs is 1. The first-order chi connectivity index (χ1) is 15.0. The van der Waals surface area contributed by atoms with Gasteiger partial charge in [0.15, 0.2) is 0 Å². The van der Waals surface area contributed by atoms with E-state index in [1.807, 2.05) is 24.3 Å². The minimum atomic E-state index is -2.28. The Labute approximate surface area is 181 Å². The first kappa shape index (κ1) is 20.8. The summed E-state index contributed by atoms with van der Waals surface area (Å²) in [7, 11) is 0. The summed E-state index contributed by atoms with van der Waals surface area (Å²) in [6.07, 6.45) is 3.70. The molecule has 158 valence electrons. The molecule has 0 fully saturated rings. The summed E-state index contributed by atoms with van der Waals surface area (Å²) in [5.41, 5.74) is 4.48. The van der Waals surface area contributed by atoms with Crippen molar-refractivity contribution in [1.82, 2.24) is 9.78 Å². The van der Waals surface area contributed by atoms with Gasteiger partial charge in [0, 0.05) is 11.3 Å². The van der Waals surface area contributed by atoms with Crippen molar-refractivity contribution >= 4 is 22.9 Å². The lowest BCUT2D eigenvalue weighted by Gasteiger charge is -2.33. The lowest BCUT2D eigenvalue weighted by atomic mass is 9.92. The third-order valence-corrected chi connectivity index (χ3v) is 6.22. The second-order valence-electron chi connectivity index (χ2n) is 7.30. The smallest absolute Gasteiger partial charge is 0.325 e. The Balaban J connectivity index is 1.66. The highest BCUT2D eigenvalue weighted by atomic mass is 32.2. The van der Waals surface area contributed by atoms with Crippen LogP contribution in [0.15, 0.2) is 54.7 Å². The zero-order valence-corrected chi connectivity index (χ0v) is 17.3. The second-order valence-corrected chi connectivity index (χ2v) is 8.16. The molecule has 0 bridgehead atoms. The van der Waals surface area contributed by atoms with Crippen LogP contribution in [-0.4, -0.2) is 29.6 Å². The van der Waals surface area contributed by atoms with Gasteiger partial charge in [0.2, 0.25) is 0 Å². The normalized spacial score (nSPS) is 16.2. The minimum Gasteiger partial charge on any atom is -0.480 e. The zero-order valence-electron chi connectivity index (χ0n) is 16.5. The molecule has 0 spiro atoms. The highest BCUT2D eigenvalue weighted by molar-refractivity contribution is 7.80. The molecule has 0 saturated heterocycles. The molecule has 31 heavy (non-hydrogen) atoms. The Morgan fingerprint density at radius 2 is 2.03 bits per heavy atom. The molecule has 8 nitrogen and oxygen atoms in total. The van der Waals surface area contributed by atoms with Gasteiger partial charge in [-0.1, -0.05) is 24.3 Å². The molecule has 4 rings (SSSR count). The van der Waals surface area contributed by atoms with Crippen LogP contribution in [0.5, 0.6) is 0 Å². The first-order valence-corrected chi connectivity index (χ1v) is 10.8. The molecule has 9 heteroatoms. The van der Waals surface area contributed by atoms with E-state index < -0.39 is 17.2 Å². The fourth-order valence-corrected chi connectivity index (χ4v) is 4.79. The molecule has 2 atom stereocenters. The zero-order chi connectivity index (χ0) is 22.0.